The maximum absolute atomic E-state index is 11.6. The van der Waals surface area contributed by atoms with E-state index < -0.39 is 44.1 Å². The van der Waals surface area contributed by atoms with Crippen molar-refractivity contribution in [2.75, 3.05) is 7.11 Å². The van der Waals surface area contributed by atoms with E-state index in [0.29, 0.717) is 0 Å². The van der Waals surface area contributed by atoms with Crippen LogP contribution < -0.4 is 20.7 Å². The highest BCUT2D eigenvalue weighted by atomic mass is 16.6. The number of aromatic nitrogens is 2. The monoisotopic (exact) mass is 392 g/mol. The average Bonchev–Trinajstić information content (AvgIpc) is 2.58. The van der Waals surface area contributed by atoms with E-state index in [2.05, 4.69) is 4.98 Å². The number of nitrogens with one attached hydrogen (secondary N) is 2. The van der Waals surface area contributed by atoms with Gasteiger partial charge in [-0.05, 0) is 24.3 Å². The molecule has 1 heterocycles. The summed E-state index contributed by atoms with van der Waals surface area (Å²) >= 11 is 0. The fraction of sp³-hybridized carbons (Fsp3) is 0.133. The van der Waals surface area contributed by atoms with Crippen LogP contribution in [0.4, 0.5) is 11.4 Å². The van der Waals surface area contributed by atoms with Gasteiger partial charge < -0.3 is 14.5 Å². The highest BCUT2D eigenvalue weighted by Gasteiger charge is 2.26. The average molecular weight is 392 g/mol. The van der Waals surface area contributed by atoms with E-state index in [1.54, 1.807) is 4.98 Å². The Morgan fingerprint density at radius 2 is 1.71 bits per heavy atom. The molecule has 1 aromatic heterocycles. The van der Waals surface area contributed by atoms with Crippen LogP contribution in [0.3, 0.4) is 0 Å². The van der Waals surface area contributed by atoms with Gasteiger partial charge in [-0.1, -0.05) is 0 Å². The molecule has 0 amide bonds. The first-order valence-electron chi connectivity index (χ1n) is 7.38. The second-order valence-electron chi connectivity index (χ2n) is 5.15. The lowest BCUT2D eigenvalue weighted by Crippen LogP contribution is -2.25. The predicted molar refractivity (Wildman–Crippen MR) is 94.2 cm³/mol. The van der Waals surface area contributed by atoms with Crippen LogP contribution in [0.2, 0.25) is 0 Å². The molecule has 2 aromatic rings. The Morgan fingerprint density at radius 3 is 2.25 bits per heavy atom. The molecule has 0 spiro atoms. The number of esters is 1. The minimum atomic E-state index is -1.21. The van der Waals surface area contributed by atoms with Gasteiger partial charge in [-0.15, -0.1) is 0 Å². The maximum Gasteiger partial charge on any atom is 0.357 e. The lowest BCUT2D eigenvalue weighted by atomic mass is 10.1. The molecule has 13 heteroatoms. The van der Waals surface area contributed by atoms with E-state index in [4.69, 9.17) is 9.47 Å². The van der Waals surface area contributed by atoms with Crippen LogP contribution in [0.15, 0.2) is 21.7 Å². The van der Waals surface area contributed by atoms with Crippen molar-refractivity contribution in [3.8, 4) is 11.5 Å². The molecule has 0 aliphatic rings. The van der Waals surface area contributed by atoms with Gasteiger partial charge in [-0.25, -0.2) is 4.79 Å². The first-order valence-corrected chi connectivity index (χ1v) is 7.38. The smallest absolute Gasteiger partial charge is 0.357 e. The Balaban J connectivity index is 2.65. The Bertz CT molecular complexity index is 1110. The maximum atomic E-state index is 11.6. The molecule has 0 radical (unpaired) electrons. The van der Waals surface area contributed by atoms with E-state index >= 15 is 0 Å². The topological polar surface area (TPSA) is 188 Å². The number of methoxy groups -OCH3 is 1. The number of hydrogen-bond donors (Lipinski definition) is 2. The molecule has 13 nitrogen and oxygen atoms in total. The summed E-state index contributed by atoms with van der Waals surface area (Å²) in [6, 6.07) is 2.42. The minimum absolute atomic E-state index is 0.0699. The van der Waals surface area contributed by atoms with Gasteiger partial charge in [0, 0.05) is 12.5 Å². The summed E-state index contributed by atoms with van der Waals surface area (Å²) in [5, 5.41) is 22.4. The van der Waals surface area contributed by atoms with E-state index in [0.717, 1.165) is 32.3 Å². The quantitative estimate of drug-likeness (QED) is 0.312. The van der Waals surface area contributed by atoms with Gasteiger partial charge in [0.05, 0.1) is 17.0 Å². The van der Waals surface area contributed by atoms with Gasteiger partial charge in [0.2, 0.25) is 11.5 Å². The van der Waals surface area contributed by atoms with Crippen LogP contribution in [0.25, 0.3) is 12.2 Å². The third-order valence-electron chi connectivity index (χ3n) is 3.32. The van der Waals surface area contributed by atoms with E-state index in [1.807, 2.05) is 0 Å². The molecule has 0 fully saturated rings. The second kappa shape index (κ2) is 7.94. The molecule has 0 aliphatic carbocycles. The highest BCUT2D eigenvalue weighted by Crippen LogP contribution is 2.40. The van der Waals surface area contributed by atoms with Gasteiger partial charge in [0.1, 0.15) is 5.69 Å². The summed E-state index contributed by atoms with van der Waals surface area (Å²) in [6.45, 7) is 1.06. The zero-order chi connectivity index (χ0) is 21.0. The summed E-state index contributed by atoms with van der Waals surface area (Å²) in [7, 11) is 1.13. The number of H-pyrrole nitrogens is 2. The van der Waals surface area contributed by atoms with Gasteiger partial charge in [0.15, 0.2) is 0 Å². The minimum Gasteiger partial charge on any atom is -0.490 e. The fourth-order valence-electron chi connectivity index (χ4n) is 2.30. The number of aromatic amines is 2. The zero-order valence-corrected chi connectivity index (χ0v) is 14.4. The van der Waals surface area contributed by atoms with Gasteiger partial charge >= 0.3 is 28.6 Å². The van der Waals surface area contributed by atoms with Crippen LogP contribution >= 0.6 is 0 Å². The first-order chi connectivity index (χ1) is 13.1. The number of rotatable bonds is 6. The predicted octanol–water partition coefficient (Wildman–Crippen LogP) is 0.984. The molecule has 1 aromatic carbocycles. The number of carbonyl (C=O) groups excluding carboxylic acids is 1. The summed E-state index contributed by atoms with van der Waals surface area (Å²) in [5.74, 6) is -1.44. The van der Waals surface area contributed by atoms with Crippen molar-refractivity contribution in [3.63, 3.8) is 0 Å². The molecular formula is C15H12N4O9. The van der Waals surface area contributed by atoms with Crippen LogP contribution in [-0.2, 0) is 4.79 Å². The molecule has 0 aliphatic heterocycles. The first kappa shape index (κ1) is 20.0. The van der Waals surface area contributed by atoms with Crippen molar-refractivity contribution >= 4 is 29.5 Å². The van der Waals surface area contributed by atoms with Crippen LogP contribution in [0, 0.1) is 20.2 Å². The summed E-state index contributed by atoms with van der Waals surface area (Å²) < 4.78 is 9.80. The zero-order valence-electron chi connectivity index (χ0n) is 14.4. The van der Waals surface area contributed by atoms with Crippen LogP contribution in [-0.4, -0.2) is 32.9 Å². The molecule has 0 unspecified atom stereocenters. The number of ether oxygens (including phenoxy) is 2. The highest BCUT2D eigenvalue weighted by molar-refractivity contribution is 5.80. The third-order valence-corrected chi connectivity index (χ3v) is 3.32. The summed E-state index contributed by atoms with van der Waals surface area (Å²) in [5.41, 5.74) is -4.10. The van der Waals surface area contributed by atoms with E-state index in [9.17, 15) is 34.6 Å². The second-order valence-corrected chi connectivity index (χ2v) is 5.15. The number of nitro benzene ring substituents is 1. The van der Waals surface area contributed by atoms with Crippen molar-refractivity contribution in [3.05, 3.63) is 64.5 Å². The Labute approximate surface area is 154 Å². The number of carbonyl (C=O) groups is 1. The molecule has 0 bridgehead atoms. The molecule has 146 valence electrons. The van der Waals surface area contributed by atoms with Gasteiger partial charge in [-0.3, -0.25) is 34.8 Å². The largest absolute Gasteiger partial charge is 0.490 e. The molecular weight excluding hydrogens is 380 g/mol. The standard InChI is InChI=1S/C15H12N4O9/c1-7(20)28-10-6-4-8(13(27-2)12(10)19(25)26)3-5-9-11(18(23)24)14(21)17-15(22)16-9/h3-6H,1-2H3,(H2,16,17,21,22). The number of nitrogens with zero attached hydrogens (tertiary/aromatic N) is 2. The Morgan fingerprint density at radius 1 is 1.07 bits per heavy atom. The van der Waals surface area contributed by atoms with Gasteiger partial charge in [0.25, 0.3) is 0 Å². The lowest BCUT2D eigenvalue weighted by molar-refractivity contribution is -0.386. The van der Waals surface area contributed by atoms with Crippen molar-refractivity contribution in [2.24, 2.45) is 0 Å². The molecule has 2 N–H and O–H groups in total. The number of nitro groups is 2. The Kier molecular flexibility index (Phi) is 5.68. The normalized spacial score (nSPS) is 10.6. The number of hydrogen-bond acceptors (Lipinski definition) is 9. The van der Waals surface area contributed by atoms with Crippen molar-refractivity contribution < 1.29 is 24.1 Å². The molecule has 28 heavy (non-hydrogen) atoms. The number of benzene rings is 1. The molecule has 0 saturated carbocycles. The summed E-state index contributed by atoms with van der Waals surface area (Å²) in [6.07, 6.45) is 2.17. The van der Waals surface area contributed by atoms with Crippen molar-refractivity contribution in [2.45, 2.75) is 6.92 Å². The van der Waals surface area contributed by atoms with Gasteiger partial charge in [-0.2, -0.15) is 0 Å². The SMILES string of the molecule is COc1c(C=Cc2[nH]c(=O)[nH]c(=O)c2[N+](=O)[O-])ccc(OC(C)=O)c1[N+](=O)[O-]. The van der Waals surface area contributed by atoms with Crippen LogP contribution in [0.5, 0.6) is 11.5 Å². The van der Waals surface area contributed by atoms with E-state index in [1.165, 1.54) is 6.07 Å². The summed E-state index contributed by atoms with van der Waals surface area (Å²) in [4.78, 5) is 58.5. The lowest BCUT2D eigenvalue weighted by Gasteiger charge is -2.09. The molecule has 2 rings (SSSR count). The Hall–Kier alpha value is -4.29. The third kappa shape index (κ3) is 4.09. The molecule has 0 saturated heterocycles. The van der Waals surface area contributed by atoms with Crippen molar-refractivity contribution in [1.82, 2.24) is 9.97 Å². The molecule has 0 atom stereocenters. The van der Waals surface area contributed by atoms with Crippen LogP contribution in [0.1, 0.15) is 18.2 Å². The van der Waals surface area contributed by atoms with Crippen molar-refractivity contribution in [1.29, 1.82) is 0 Å². The van der Waals surface area contributed by atoms with E-state index in [-0.39, 0.29) is 17.1 Å². The fourth-order valence-corrected chi connectivity index (χ4v) is 2.30.